The number of nitrogens with zero attached hydrogens (tertiary/aromatic N) is 1. The highest BCUT2D eigenvalue weighted by atomic mass is 19.1. The number of nitrogens with one attached hydrogen (secondary N) is 1. The van der Waals surface area contributed by atoms with Crippen LogP contribution in [-0.2, 0) is 0 Å². The molecule has 0 saturated heterocycles. The van der Waals surface area contributed by atoms with Crippen LogP contribution in [-0.4, -0.2) is 4.98 Å². The van der Waals surface area contributed by atoms with E-state index in [-0.39, 0.29) is 5.82 Å². The number of hydrogen-bond donors (Lipinski definition) is 2. The molecule has 0 saturated carbocycles. The molecule has 0 radical (unpaired) electrons. The standard InChI is InChI=1S/C16H14FN3/c1-10-7-12(17)8-13-15(20-18)9-14(19-16(10)13)11-5-3-2-4-6-11/h2-9H,18H2,1H3,(H,19,20). The van der Waals surface area contributed by atoms with Gasteiger partial charge in [0.25, 0.3) is 0 Å². The van der Waals surface area contributed by atoms with Crippen molar-refractivity contribution in [3.05, 3.63) is 59.9 Å². The number of hydrazine groups is 1. The van der Waals surface area contributed by atoms with E-state index in [4.69, 9.17) is 5.84 Å². The minimum atomic E-state index is -0.291. The lowest BCUT2D eigenvalue weighted by Gasteiger charge is -2.11. The first-order valence-electron chi connectivity index (χ1n) is 6.32. The van der Waals surface area contributed by atoms with Gasteiger partial charge in [0.2, 0.25) is 0 Å². The van der Waals surface area contributed by atoms with E-state index in [0.717, 1.165) is 22.3 Å². The number of halogens is 1. The van der Waals surface area contributed by atoms with Crippen LogP contribution in [0, 0.1) is 12.7 Å². The van der Waals surface area contributed by atoms with Crippen LogP contribution in [0.15, 0.2) is 48.5 Å². The van der Waals surface area contributed by atoms with Gasteiger partial charge in [-0.25, -0.2) is 9.37 Å². The number of fused-ring (bicyclic) bond motifs is 1. The maximum absolute atomic E-state index is 13.5. The van der Waals surface area contributed by atoms with E-state index in [1.807, 2.05) is 43.3 Å². The Morgan fingerprint density at radius 1 is 1.10 bits per heavy atom. The van der Waals surface area contributed by atoms with Crippen molar-refractivity contribution in [3.8, 4) is 11.3 Å². The minimum absolute atomic E-state index is 0.291. The molecule has 3 aromatic rings. The minimum Gasteiger partial charge on any atom is -0.323 e. The number of aromatic nitrogens is 1. The molecule has 1 aromatic heterocycles. The number of hydrogen-bond acceptors (Lipinski definition) is 3. The number of anilines is 1. The SMILES string of the molecule is Cc1cc(F)cc2c(NN)cc(-c3ccccc3)nc12. The lowest BCUT2D eigenvalue weighted by molar-refractivity contribution is 0.628. The second kappa shape index (κ2) is 4.90. The van der Waals surface area contributed by atoms with Crippen LogP contribution >= 0.6 is 0 Å². The van der Waals surface area contributed by atoms with Crippen LogP contribution in [0.2, 0.25) is 0 Å². The fourth-order valence-corrected chi connectivity index (χ4v) is 2.33. The summed E-state index contributed by atoms with van der Waals surface area (Å²) in [6.07, 6.45) is 0. The van der Waals surface area contributed by atoms with Crippen molar-refractivity contribution in [2.45, 2.75) is 6.92 Å². The number of rotatable bonds is 2. The summed E-state index contributed by atoms with van der Waals surface area (Å²) in [5.74, 6) is 5.27. The molecule has 3 nitrogen and oxygen atoms in total. The molecule has 100 valence electrons. The molecule has 20 heavy (non-hydrogen) atoms. The van der Waals surface area contributed by atoms with Gasteiger partial charge in [-0.1, -0.05) is 30.3 Å². The third-order valence-corrected chi connectivity index (χ3v) is 3.29. The van der Waals surface area contributed by atoms with Gasteiger partial charge in [0.15, 0.2) is 0 Å². The largest absolute Gasteiger partial charge is 0.323 e. The Balaban J connectivity index is 2.32. The molecule has 2 aromatic carbocycles. The van der Waals surface area contributed by atoms with Gasteiger partial charge in [0, 0.05) is 10.9 Å². The Kier molecular flexibility index (Phi) is 3.08. The molecule has 0 atom stereocenters. The van der Waals surface area contributed by atoms with E-state index >= 15 is 0 Å². The maximum Gasteiger partial charge on any atom is 0.124 e. The average Bonchev–Trinajstić information content (AvgIpc) is 2.47. The smallest absolute Gasteiger partial charge is 0.124 e. The van der Waals surface area contributed by atoms with Crippen LogP contribution in [0.3, 0.4) is 0 Å². The molecule has 0 spiro atoms. The first kappa shape index (κ1) is 12.6. The number of nitrogen functional groups attached to an aromatic ring is 1. The van der Waals surface area contributed by atoms with E-state index in [9.17, 15) is 4.39 Å². The molecule has 0 fully saturated rings. The molecular weight excluding hydrogens is 253 g/mol. The maximum atomic E-state index is 13.5. The van der Waals surface area contributed by atoms with Crippen LogP contribution in [0.25, 0.3) is 22.2 Å². The van der Waals surface area contributed by atoms with Gasteiger partial charge in [-0.3, -0.25) is 5.84 Å². The van der Waals surface area contributed by atoms with Crippen LogP contribution in [0.5, 0.6) is 0 Å². The van der Waals surface area contributed by atoms with Crippen LogP contribution in [0.1, 0.15) is 5.56 Å². The highest BCUT2D eigenvalue weighted by Gasteiger charge is 2.10. The van der Waals surface area contributed by atoms with Crippen molar-refractivity contribution < 1.29 is 4.39 Å². The lowest BCUT2D eigenvalue weighted by atomic mass is 10.1. The van der Waals surface area contributed by atoms with Gasteiger partial charge >= 0.3 is 0 Å². The van der Waals surface area contributed by atoms with E-state index in [1.165, 1.54) is 12.1 Å². The number of nitrogens with two attached hydrogens (primary N) is 1. The Labute approximate surface area is 116 Å². The zero-order valence-electron chi connectivity index (χ0n) is 11.0. The molecule has 0 bridgehead atoms. The van der Waals surface area contributed by atoms with Crippen molar-refractivity contribution in [1.82, 2.24) is 4.98 Å². The molecule has 0 aliphatic rings. The predicted octanol–water partition coefficient (Wildman–Crippen LogP) is 3.63. The summed E-state index contributed by atoms with van der Waals surface area (Å²) in [6.45, 7) is 1.84. The van der Waals surface area contributed by atoms with Crippen molar-refractivity contribution in [2.24, 2.45) is 5.84 Å². The summed E-state index contributed by atoms with van der Waals surface area (Å²) in [6, 6.07) is 14.6. The van der Waals surface area contributed by atoms with Crippen molar-refractivity contribution in [1.29, 1.82) is 0 Å². The number of benzene rings is 2. The van der Waals surface area contributed by atoms with Crippen molar-refractivity contribution in [2.75, 3.05) is 5.43 Å². The van der Waals surface area contributed by atoms with Gasteiger partial charge in [-0.15, -0.1) is 0 Å². The predicted molar refractivity (Wildman–Crippen MR) is 79.7 cm³/mol. The third-order valence-electron chi connectivity index (χ3n) is 3.29. The quantitative estimate of drug-likeness (QED) is 0.550. The van der Waals surface area contributed by atoms with Gasteiger partial charge in [-0.05, 0) is 30.7 Å². The van der Waals surface area contributed by atoms with E-state index in [2.05, 4.69) is 10.4 Å². The van der Waals surface area contributed by atoms with Gasteiger partial charge in [0.05, 0.1) is 16.9 Å². The normalized spacial score (nSPS) is 10.8. The van der Waals surface area contributed by atoms with Gasteiger partial charge in [-0.2, -0.15) is 0 Å². The summed E-state index contributed by atoms with van der Waals surface area (Å²) >= 11 is 0. The Hall–Kier alpha value is -2.46. The number of pyridine rings is 1. The molecule has 0 unspecified atom stereocenters. The summed E-state index contributed by atoms with van der Waals surface area (Å²) in [5.41, 5.74) is 6.63. The van der Waals surface area contributed by atoms with Gasteiger partial charge in [0.1, 0.15) is 5.82 Å². The summed E-state index contributed by atoms with van der Waals surface area (Å²) in [5, 5.41) is 0.685. The fourth-order valence-electron chi connectivity index (χ4n) is 2.33. The zero-order valence-corrected chi connectivity index (χ0v) is 11.0. The molecule has 3 rings (SSSR count). The Morgan fingerprint density at radius 2 is 1.85 bits per heavy atom. The Morgan fingerprint density at radius 3 is 2.55 bits per heavy atom. The second-order valence-corrected chi connectivity index (χ2v) is 4.68. The van der Waals surface area contributed by atoms with E-state index < -0.39 is 0 Å². The Bertz CT molecular complexity index is 770. The molecule has 0 aliphatic carbocycles. The fraction of sp³-hybridized carbons (Fsp3) is 0.0625. The van der Waals surface area contributed by atoms with Crippen molar-refractivity contribution >= 4 is 16.6 Å². The van der Waals surface area contributed by atoms with E-state index in [1.54, 1.807) is 0 Å². The third kappa shape index (κ3) is 2.10. The first-order chi connectivity index (χ1) is 9.69. The average molecular weight is 267 g/mol. The highest BCUT2D eigenvalue weighted by Crippen LogP contribution is 2.30. The summed E-state index contributed by atoms with van der Waals surface area (Å²) in [7, 11) is 0. The molecule has 3 N–H and O–H groups in total. The number of aryl methyl sites for hydroxylation is 1. The summed E-state index contributed by atoms with van der Waals surface area (Å²) < 4.78 is 13.5. The molecule has 0 amide bonds. The van der Waals surface area contributed by atoms with Crippen LogP contribution < -0.4 is 11.3 Å². The van der Waals surface area contributed by atoms with E-state index in [0.29, 0.717) is 11.1 Å². The molecule has 0 aliphatic heterocycles. The molecule has 4 heteroatoms. The first-order valence-corrected chi connectivity index (χ1v) is 6.32. The van der Waals surface area contributed by atoms with Crippen molar-refractivity contribution in [3.63, 3.8) is 0 Å². The zero-order chi connectivity index (χ0) is 14.1. The van der Waals surface area contributed by atoms with Crippen LogP contribution in [0.4, 0.5) is 10.1 Å². The molecule has 1 heterocycles. The topological polar surface area (TPSA) is 50.9 Å². The second-order valence-electron chi connectivity index (χ2n) is 4.68. The highest BCUT2D eigenvalue weighted by molar-refractivity contribution is 5.95. The lowest BCUT2D eigenvalue weighted by Crippen LogP contribution is -2.08. The monoisotopic (exact) mass is 267 g/mol. The summed E-state index contributed by atoms with van der Waals surface area (Å²) in [4.78, 5) is 4.63. The molecular formula is C16H14FN3. The van der Waals surface area contributed by atoms with Gasteiger partial charge < -0.3 is 5.43 Å².